The highest BCUT2D eigenvalue weighted by Crippen LogP contribution is 2.28. The molecule has 4 aromatic carbocycles. The lowest BCUT2D eigenvalue weighted by Crippen LogP contribution is -2.13. The fourth-order valence-corrected chi connectivity index (χ4v) is 3.79. The minimum absolute atomic E-state index is 0.453. The molecule has 0 saturated heterocycles. The van der Waals surface area contributed by atoms with Gasteiger partial charge in [-0.05, 0) is 52.7 Å². The summed E-state index contributed by atoms with van der Waals surface area (Å²) < 4.78 is 10.4. The summed E-state index contributed by atoms with van der Waals surface area (Å²) >= 11 is 1.75. The van der Waals surface area contributed by atoms with Gasteiger partial charge in [0.25, 0.3) is 0 Å². The van der Waals surface area contributed by atoms with Crippen molar-refractivity contribution in [3.05, 3.63) is 103 Å². The molecule has 4 heteroatoms. The van der Waals surface area contributed by atoms with E-state index < -0.39 is 6.16 Å². The minimum Gasteiger partial charge on any atom is -0.395 e. The molecule has 0 N–H and O–H groups in total. The van der Waals surface area contributed by atoms with Gasteiger partial charge < -0.3 is 9.47 Å². The molecule has 0 fully saturated rings. The van der Waals surface area contributed by atoms with Crippen molar-refractivity contribution in [1.82, 2.24) is 0 Å². The Morgan fingerprint density at radius 2 is 1.32 bits per heavy atom. The first-order chi connectivity index (χ1) is 13.8. The van der Waals surface area contributed by atoms with Crippen LogP contribution in [0.15, 0.2) is 102 Å². The Bertz CT molecular complexity index is 1070. The molecule has 4 rings (SSSR count). The lowest BCUT2D eigenvalue weighted by atomic mass is 10.1. The molecular formula is C24H18O3S. The van der Waals surface area contributed by atoms with Gasteiger partial charge in [0.05, 0.1) is 0 Å². The predicted octanol–water partition coefficient (Wildman–Crippen LogP) is 6.71. The van der Waals surface area contributed by atoms with Crippen molar-refractivity contribution in [3.63, 3.8) is 0 Å². The van der Waals surface area contributed by atoms with Crippen LogP contribution in [0.25, 0.3) is 10.8 Å². The summed E-state index contributed by atoms with van der Waals surface area (Å²) in [6, 6.07) is 31.1. The maximum Gasteiger partial charge on any atom is 0.519 e. The number of rotatable bonds is 5. The smallest absolute Gasteiger partial charge is 0.395 e. The Labute approximate surface area is 167 Å². The highest BCUT2D eigenvalue weighted by Gasteiger charge is 2.08. The summed E-state index contributed by atoms with van der Waals surface area (Å²) in [5.41, 5.74) is 1.30. The molecule has 3 nitrogen and oxygen atoms in total. The van der Waals surface area contributed by atoms with E-state index in [0.29, 0.717) is 11.5 Å². The van der Waals surface area contributed by atoms with Gasteiger partial charge in [-0.3, -0.25) is 0 Å². The van der Waals surface area contributed by atoms with E-state index in [0.717, 1.165) is 10.6 Å². The highest BCUT2D eigenvalue weighted by molar-refractivity contribution is 7.98. The fourth-order valence-electron chi connectivity index (χ4n) is 2.89. The molecular weight excluding hydrogens is 368 g/mol. The number of carbonyl (C=O) groups is 1. The number of hydrogen-bond acceptors (Lipinski definition) is 4. The van der Waals surface area contributed by atoms with Crippen LogP contribution >= 0.6 is 11.8 Å². The summed E-state index contributed by atoms with van der Waals surface area (Å²) in [7, 11) is 0. The molecule has 0 saturated carbocycles. The molecule has 0 spiro atoms. The third kappa shape index (κ3) is 4.53. The Morgan fingerprint density at radius 3 is 2.11 bits per heavy atom. The quantitative estimate of drug-likeness (QED) is 0.217. The Balaban J connectivity index is 1.36. The molecule has 0 atom stereocenters. The van der Waals surface area contributed by atoms with Gasteiger partial charge in [-0.2, -0.15) is 0 Å². The standard InChI is InChI=1S/C24H18O3S/c25-24(26-20-10-2-1-3-11-20)27-21-13-15-22(16-14-21)28-17-19-9-6-8-18-7-4-5-12-23(18)19/h1-16H,17H2. The van der Waals surface area contributed by atoms with Gasteiger partial charge in [0.2, 0.25) is 0 Å². The molecule has 0 amide bonds. The lowest BCUT2D eigenvalue weighted by molar-refractivity contribution is 0.152. The largest absolute Gasteiger partial charge is 0.519 e. The van der Waals surface area contributed by atoms with Crippen molar-refractivity contribution in [3.8, 4) is 11.5 Å². The normalized spacial score (nSPS) is 10.6. The average Bonchev–Trinajstić information content (AvgIpc) is 2.74. The van der Waals surface area contributed by atoms with E-state index in [1.807, 2.05) is 18.2 Å². The van der Waals surface area contributed by atoms with Crippen molar-refractivity contribution >= 4 is 28.7 Å². The number of fused-ring (bicyclic) bond motifs is 1. The lowest BCUT2D eigenvalue weighted by Gasteiger charge is -2.08. The number of carbonyl (C=O) groups excluding carboxylic acids is 1. The fraction of sp³-hybridized carbons (Fsp3) is 0.0417. The van der Waals surface area contributed by atoms with E-state index in [9.17, 15) is 4.79 Å². The van der Waals surface area contributed by atoms with Crippen molar-refractivity contribution in [2.24, 2.45) is 0 Å². The first-order valence-corrected chi connectivity index (χ1v) is 9.91. The van der Waals surface area contributed by atoms with Crippen LogP contribution in [0.4, 0.5) is 4.79 Å². The summed E-state index contributed by atoms with van der Waals surface area (Å²) in [6.45, 7) is 0. The molecule has 0 aliphatic heterocycles. The average molecular weight is 386 g/mol. The minimum atomic E-state index is -0.748. The van der Waals surface area contributed by atoms with Crippen LogP contribution in [-0.2, 0) is 5.75 Å². The predicted molar refractivity (Wildman–Crippen MR) is 113 cm³/mol. The van der Waals surface area contributed by atoms with Crippen LogP contribution in [0.5, 0.6) is 11.5 Å². The van der Waals surface area contributed by atoms with Crippen LogP contribution in [0.1, 0.15) is 5.56 Å². The van der Waals surface area contributed by atoms with Crippen LogP contribution in [-0.4, -0.2) is 6.16 Å². The van der Waals surface area contributed by atoms with Gasteiger partial charge in [0.1, 0.15) is 11.5 Å². The van der Waals surface area contributed by atoms with E-state index in [-0.39, 0.29) is 0 Å². The maximum atomic E-state index is 11.9. The van der Waals surface area contributed by atoms with Crippen molar-refractivity contribution in [1.29, 1.82) is 0 Å². The third-order valence-electron chi connectivity index (χ3n) is 4.24. The zero-order valence-corrected chi connectivity index (χ0v) is 15.9. The SMILES string of the molecule is O=C(Oc1ccccc1)Oc1ccc(SCc2cccc3ccccc23)cc1. The maximum absolute atomic E-state index is 11.9. The van der Waals surface area contributed by atoms with E-state index in [4.69, 9.17) is 9.47 Å². The van der Waals surface area contributed by atoms with Crippen molar-refractivity contribution in [2.45, 2.75) is 10.6 Å². The second kappa shape index (κ2) is 8.63. The molecule has 0 radical (unpaired) electrons. The summed E-state index contributed by atoms with van der Waals surface area (Å²) in [5, 5.41) is 2.53. The van der Waals surface area contributed by atoms with Crippen LogP contribution < -0.4 is 9.47 Å². The van der Waals surface area contributed by atoms with E-state index >= 15 is 0 Å². The van der Waals surface area contributed by atoms with Gasteiger partial charge in [0.15, 0.2) is 0 Å². The first-order valence-electron chi connectivity index (χ1n) is 8.92. The van der Waals surface area contributed by atoms with E-state index in [1.54, 1.807) is 48.2 Å². The van der Waals surface area contributed by atoms with E-state index in [2.05, 4.69) is 42.5 Å². The molecule has 0 heterocycles. The molecule has 28 heavy (non-hydrogen) atoms. The topological polar surface area (TPSA) is 35.5 Å². The summed E-state index contributed by atoms with van der Waals surface area (Å²) in [6.07, 6.45) is -0.748. The molecule has 138 valence electrons. The van der Waals surface area contributed by atoms with Gasteiger partial charge in [0, 0.05) is 10.6 Å². The van der Waals surface area contributed by atoms with Gasteiger partial charge in [-0.25, -0.2) is 4.79 Å². The Hall–Kier alpha value is -3.24. The summed E-state index contributed by atoms with van der Waals surface area (Å²) in [4.78, 5) is 13.0. The number of ether oxygens (including phenoxy) is 2. The second-order valence-electron chi connectivity index (χ2n) is 6.17. The number of thioether (sulfide) groups is 1. The molecule has 0 aliphatic rings. The number of hydrogen-bond donors (Lipinski definition) is 0. The zero-order chi connectivity index (χ0) is 19.2. The highest BCUT2D eigenvalue weighted by atomic mass is 32.2. The molecule has 0 aliphatic carbocycles. The van der Waals surface area contributed by atoms with Gasteiger partial charge in [-0.1, -0.05) is 60.7 Å². The van der Waals surface area contributed by atoms with Crippen LogP contribution in [0, 0.1) is 0 Å². The Morgan fingerprint density at radius 1 is 0.679 bits per heavy atom. The van der Waals surface area contributed by atoms with Gasteiger partial charge in [-0.15, -0.1) is 11.8 Å². The third-order valence-corrected chi connectivity index (χ3v) is 5.30. The molecule has 0 bridgehead atoms. The van der Waals surface area contributed by atoms with Gasteiger partial charge >= 0.3 is 6.16 Å². The van der Waals surface area contributed by atoms with Crippen LogP contribution in [0.2, 0.25) is 0 Å². The zero-order valence-electron chi connectivity index (χ0n) is 15.1. The first kappa shape index (κ1) is 18.1. The molecule has 0 aromatic heterocycles. The number of para-hydroxylation sites is 1. The summed E-state index contributed by atoms with van der Waals surface area (Å²) in [5.74, 6) is 1.78. The van der Waals surface area contributed by atoms with Crippen molar-refractivity contribution < 1.29 is 14.3 Å². The van der Waals surface area contributed by atoms with Crippen LogP contribution in [0.3, 0.4) is 0 Å². The number of benzene rings is 4. The Kier molecular flexibility index (Phi) is 5.59. The second-order valence-corrected chi connectivity index (χ2v) is 7.21. The van der Waals surface area contributed by atoms with E-state index in [1.165, 1.54) is 16.3 Å². The van der Waals surface area contributed by atoms with Crippen molar-refractivity contribution in [2.75, 3.05) is 0 Å². The monoisotopic (exact) mass is 386 g/mol. The molecule has 0 unspecified atom stereocenters. The molecule has 4 aromatic rings.